The number of carbonyl (C=O) groups is 1. The van der Waals surface area contributed by atoms with Crippen LogP contribution in [0.25, 0.3) is 10.9 Å². The van der Waals surface area contributed by atoms with Crippen LogP contribution in [-0.4, -0.2) is 44.8 Å². The van der Waals surface area contributed by atoms with Crippen molar-refractivity contribution in [3.63, 3.8) is 0 Å². The van der Waals surface area contributed by atoms with Crippen LogP contribution in [0.3, 0.4) is 0 Å². The third-order valence-corrected chi connectivity index (χ3v) is 4.81. The smallest absolute Gasteiger partial charge is 0.272 e. The maximum absolute atomic E-state index is 12.4. The molecule has 1 amide bonds. The lowest BCUT2D eigenvalue weighted by Crippen LogP contribution is -2.48. The standard InChI is InChI=1S/C18H19ClN6O/c1-24-8-6-16(23-24)18(26)22-13-3-2-7-25(10-13)17-14-9-12(19)4-5-15(14)20-11-21-17/h4-6,8-9,11,13H,2-3,7,10H2,1H3,(H,22,26). The van der Waals surface area contributed by atoms with Gasteiger partial charge in [0.05, 0.1) is 5.52 Å². The van der Waals surface area contributed by atoms with E-state index in [4.69, 9.17) is 11.6 Å². The number of piperidine rings is 1. The largest absolute Gasteiger partial charge is 0.354 e. The van der Waals surface area contributed by atoms with Crippen LogP contribution in [0.2, 0.25) is 5.02 Å². The van der Waals surface area contributed by atoms with Gasteiger partial charge in [0.25, 0.3) is 5.91 Å². The zero-order valence-corrected chi connectivity index (χ0v) is 15.1. The van der Waals surface area contributed by atoms with E-state index >= 15 is 0 Å². The molecule has 1 fully saturated rings. The normalized spacial score (nSPS) is 17.5. The number of aromatic nitrogens is 4. The molecule has 1 unspecified atom stereocenters. The van der Waals surface area contributed by atoms with Crippen molar-refractivity contribution in [2.75, 3.05) is 18.0 Å². The molecule has 26 heavy (non-hydrogen) atoms. The fraction of sp³-hybridized carbons (Fsp3) is 0.333. The van der Waals surface area contributed by atoms with E-state index in [1.54, 1.807) is 30.3 Å². The summed E-state index contributed by atoms with van der Waals surface area (Å²) in [6.07, 6.45) is 5.23. The van der Waals surface area contributed by atoms with Gasteiger partial charge in [-0.2, -0.15) is 5.10 Å². The number of carbonyl (C=O) groups excluding carboxylic acids is 1. The third-order valence-electron chi connectivity index (χ3n) is 4.58. The number of hydrogen-bond donors (Lipinski definition) is 1. The number of nitrogens with one attached hydrogen (secondary N) is 1. The summed E-state index contributed by atoms with van der Waals surface area (Å²) >= 11 is 6.16. The quantitative estimate of drug-likeness (QED) is 0.766. The minimum Gasteiger partial charge on any atom is -0.354 e. The summed E-state index contributed by atoms with van der Waals surface area (Å²) in [6, 6.07) is 7.38. The Bertz CT molecular complexity index is 956. The molecule has 3 aromatic rings. The van der Waals surface area contributed by atoms with Gasteiger partial charge in [-0.25, -0.2) is 9.97 Å². The Morgan fingerprint density at radius 3 is 3.00 bits per heavy atom. The van der Waals surface area contributed by atoms with Crippen molar-refractivity contribution < 1.29 is 4.79 Å². The first-order chi connectivity index (χ1) is 12.6. The molecular formula is C18H19ClN6O. The molecule has 1 aliphatic rings. The van der Waals surface area contributed by atoms with E-state index in [0.717, 1.165) is 36.1 Å². The van der Waals surface area contributed by atoms with Crippen LogP contribution in [0.4, 0.5) is 5.82 Å². The highest BCUT2D eigenvalue weighted by Gasteiger charge is 2.24. The molecule has 7 nitrogen and oxygen atoms in total. The summed E-state index contributed by atoms with van der Waals surface area (Å²) in [7, 11) is 1.80. The lowest BCUT2D eigenvalue weighted by molar-refractivity contribution is 0.0927. The highest BCUT2D eigenvalue weighted by atomic mass is 35.5. The summed E-state index contributed by atoms with van der Waals surface area (Å²) in [6.45, 7) is 1.58. The maximum atomic E-state index is 12.4. The zero-order valence-electron chi connectivity index (χ0n) is 14.4. The first kappa shape index (κ1) is 16.8. The molecule has 0 bridgehead atoms. The summed E-state index contributed by atoms with van der Waals surface area (Å²) in [4.78, 5) is 23.4. The molecule has 0 saturated carbocycles. The van der Waals surface area contributed by atoms with Crippen LogP contribution in [0.15, 0.2) is 36.8 Å². The van der Waals surface area contributed by atoms with E-state index in [-0.39, 0.29) is 11.9 Å². The summed E-state index contributed by atoms with van der Waals surface area (Å²) in [5, 5.41) is 8.83. The van der Waals surface area contributed by atoms with Gasteiger partial charge in [-0.05, 0) is 37.1 Å². The van der Waals surface area contributed by atoms with E-state index in [9.17, 15) is 4.79 Å². The summed E-state index contributed by atoms with van der Waals surface area (Å²) < 4.78 is 1.62. The molecule has 1 aromatic carbocycles. The summed E-state index contributed by atoms with van der Waals surface area (Å²) in [5.74, 6) is 0.710. The molecule has 3 heterocycles. The highest BCUT2D eigenvalue weighted by molar-refractivity contribution is 6.31. The number of fused-ring (bicyclic) bond motifs is 1. The number of amides is 1. The monoisotopic (exact) mass is 370 g/mol. The van der Waals surface area contributed by atoms with Gasteiger partial charge in [-0.1, -0.05) is 11.6 Å². The van der Waals surface area contributed by atoms with Crippen LogP contribution in [0, 0.1) is 0 Å². The lowest BCUT2D eigenvalue weighted by Gasteiger charge is -2.34. The van der Waals surface area contributed by atoms with E-state index in [2.05, 4.69) is 25.3 Å². The van der Waals surface area contributed by atoms with Crippen molar-refractivity contribution in [2.24, 2.45) is 7.05 Å². The number of benzene rings is 1. The Morgan fingerprint density at radius 1 is 1.31 bits per heavy atom. The molecule has 1 aliphatic heterocycles. The molecule has 0 aliphatic carbocycles. The van der Waals surface area contributed by atoms with Crippen LogP contribution in [-0.2, 0) is 7.05 Å². The second-order valence-corrected chi connectivity index (χ2v) is 6.93. The molecule has 134 valence electrons. The van der Waals surface area contributed by atoms with Gasteiger partial charge in [-0.15, -0.1) is 0 Å². The molecule has 0 spiro atoms. The molecule has 0 radical (unpaired) electrons. The van der Waals surface area contributed by atoms with E-state index in [1.165, 1.54) is 0 Å². The van der Waals surface area contributed by atoms with Gasteiger partial charge < -0.3 is 10.2 Å². The van der Waals surface area contributed by atoms with Crippen molar-refractivity contribution in [3.05, 3.63) is 47.5 Å². The Balaban J connectivity index is 1.54. The van der Waals surface area contributed by atoms with Gasteiger partial charge in [0.1, 0.15) is 17.8 Å². The van der Waals surface area contributed by atoms with Crippen molar-refractivity contribution in [2.45, 2.75) is 18.9 Å². The average Bonchev–Trinajstić information content (AvgIpc) is 3.08. The number of rotatable bonds is 3. The van der Waals surface area contributed by atoms with Gasteiger partial charge in [0.15, 0.2) is 0 Å². The second-order valence-electron chi connectivity index (χ2n) is 6.49. The van der Waals surface area contributed by atoms with E-state index in [0.29, 0.717) is 17.3 Å². The van der Waals surface area contributed by atoms with Gasteiger partial charge in [-0.3, -0.25) is 9.48 Å². The number of anilines is 1. The van der Waals surface area contributed by atoms with Gasteiger partial charge in [0.2, 0.25) is 0 Å². The predicted octanol–water partition coefficient (Wildman–Crippen LogP) is 2.42. The Kier molecular flexibility index (Phi) is 4.46. The third kappa shape index (κ3) is 3.35. The number of aryl methyl sites for hydroxylation is 1. The molecule has 1 atom stereocenters. The predicted molar refractivity (Wildman–Crippen MR) is 100 cm³/mol. The molecule has 4 rings (SSSR count). The second kappa shape index (κ2) is 6.92. The minimum atomic E-state index is -0.145. The first-order valence-electron chi connectivity index (χ1n) is 8.56. The van der Waals surface area contributed by atoms with E-state index < -0.39 is 0 Å². The van der Waals surface area contributed by atoms with Crippen molar-refractivity contribution in [1.29, 1.82) is 0 Å². The molecular weight excluding hydrogens is 352 g/mol. The average molecular weight is 371 g/mol. The number of halogens is 1. The minimum absolute atomic E-state index is 0.0439. The van der Waals surface area contributed by atoms with Crippen LogP contribution >= 0.6 is 11.6 Å². The van der Waals surface area contributed by atoms with E-state index in [1.807, 2.05) is 18.2 Å². The zero-order chi connectivity index (χ0) is 18.1. The fourth-order valence-corrected chi connectivity index (χ4v) is 3.52. The Morgan fingerprint density at radius 2 is 2.19 bits per heavy atom. The Labute approximate surface area is 156 Å². The Hall–Kier alpha value is -2.67. The van der Waals surface area contributed by atoms with Crippen molar-refractivity contribution >= 4 is 34.2 Å². The maximum Gasteiger partial charge on any atom is 0.272 e. The number of hydrogen-bond acceptors (Lipinski definition) is 5. The SMILES string of the molecule is Cn1ccc(C(=O)NC2CCCN(c3ncnc4ccc(Cl)cc34)C2)n1. The topological polar surface area (TPSA) is 75.9 Å². The first-order valence-corrected chi connectivity index (χ1v) is 8.93. The van der Waals surface area contributed by atoms with Crippen molar-refractivity contribution in [1.82, 2.24) is 25.1 Å². The molecule has 1 N–H and O–H groups in total. The molecule has 8 heteroatoms. The molecule has 1 saturated heterocycles. The highest BCUT2D eigenvalue weighted by Crippen LogP contribution is 2.28. The van der Waals surface area contributed by atoms with Crippen LogP contribution in [0.5, 0.6) is 0 Å². The number of nitrogens with zero attached hydrogens (tertiary/aromatic N) is 5. The van der Waals surface area contributed by atoms with Crippen molar-refractivity contribution in [3.8, 4) is 0 Å². The van der Waals surface area contributed by atoms with Crippen LogP contribution < -0.4 is 10.2 Å². The van der Waals surface area contributed by atoms with Gasteiger partial charge >= 0.3 is 0 Å². The van der Waals surface area contributed by atoms with Crippen LogP contribution in [0.1, 0.15) is 23.3 Å². The fourth-order valence-electron chi connectivity index (χ4n) is 3.35. The summed E-state index contributed by atoms with van der Waals surface area (Å²) in [5.41, 5.74) is 1.29. The lowest BCUT2D eigenvalue weighted by atomic mass is 10.0. The van der Waals surface area contributed by atoms with Gasteiger partial charge in [0, 0.05) is 42.8 Å². The molecule has 2 aromatic heterocycles.